The van der Waals surface area contributed by atoms with Crippen molar-refractivity contribution >= 4 is 5.96 Å². The van der Waals surface area contributed by atoms with Crippen molar-refractivity contribution in [2.24, 2.45) is 4.99 Å². The summed E-state index contributed by atoms with van der Waals surface area (Å²) in [7, 11) is 1.75. The van der Waals surface area contributed by atoms with Crippen LogP contribution >= 0.6 is 0 Å². The highest BCUT2D eigenvalue weighted by atomic mass is 16.5. The van der Waals surface area contributed by atoms with Gasteiger partial charge in [0.1, 0.15) is 18.1 Å². The van der Waals surface area contributed by atoms with Crippen molar-refractivity contribution in [2.45, 2.75) is 26.8 Å². The van der Waals surface area contributed by atoms with E-state index < -0.39 is 0 Å². The first-order valence-electron chi connectivity index (χ1n) is 8.92. The van der Waals surface area contributed by atoms with E-state index in [9.17, 15) is 0 Å². The zero-order valence-electron chi connectivity index (χ0n) is 15.8. The maximum Gasteiger partial charge on any atom is 0.191 e. The van der Waals surface area contributed by atoms with Crippen LogP contribution < -0.4 is 20.1 Å². The fraction of sp³-hybridized carbons (Fsp3) is 0.400. The van der Waals surface area contributed by atoms with Crippen LogP contribution in [-0.4, -0.2) is 37.7 Å². The van der Waals surface area contributed by atoms with Crippen LogP contribution in [-0.2, 0) is 6.54 Å². The molecule has 2 aromatic rings. The molecule has 0 fully saturated rings. The highest BCUT2D eigenvalue weighted by Crippen LogP contribution is 2.20. The summed E-state index contributed by atoms with van der Waals surface area (Å²) in [6.45, 7) is 6.70. The summed E-state index contributed by atoms with van der Waals surface area (Å²) in [5.41, 5.74) is 2.30. The van der Waals surface area contributed by atoms with Gasteiger partial charge < -0.3 is 20.1 Å². The SMILES string of the molecule is CCCOc1cc(C)ccc1CNC(=NC)NCCOc1cccnc1. The van der Waals surface area contributed by atoms with Crippen LogP contribution in [0.3, 0.4) is 0 Å². The molecule has 0 aliphatic heterocycles. The molecule has 0 radical (unpaired) electrons. The number of aliphatic imine (C=N–C) groups is 1. The minimum absolute atomic E-state index is 0.530. The van der Waals surface area contributed by atoms with E-state index in [1.165, 1.54) is 5.56 Å². The zero-order valence-corrected chi connectivity index (χ0v) is 15.8. The molecule has 0 spiro atoms. The van der Waals surface area contributed by atoms with Gasteiger partial charge in [-0.2, -0.15) is 0 Å². The maximum atomic E-state index is 5.85. The lowest BCUT2D eigenvalue weighted by atomic mass is 10.1. The molecule has 0 unspecified atom stereocenters. The van der Waals surface area contributed by atoms with E-state index in [2.05, 4.69) is 52.7 Å². The van der Waals surface area contributed by atoms with Gasteiger partial charge in [-0.05, 0) is 37.1 Å². The molecule has 26 heavy (non-hydrogen) atoms. The number of nitrogens with one attached hydrogen (secondary N) is 2. The molecule has 0 bridgehead atoms. The molecule has 0 aliphatic rings. The van der Waals surface area contributed by atoms with Crippen molar-refractivity contribution in [3.63, 3.8) is 0 Å². The Morgan fingerprint density at radius 3 is 2.77 bits per heavy atom. The lowest BCUT2D eigenvalue weighted by molar-refractivity contribution is 0.313. The summed E-state index contributed by atoms with van der Waals surface area (Å²) in [6, 6.07) is 9.99. The predicted molar refractivity (Wildman–Crippen MR) is 105 cm³/mol. The van der Waals surface area contributed by atoms with Gasteiger partial charge in [-0.15, -0.1) is 0 Å². The fourth-order valence-electron chi connectivity index (χ4n) is 2.32. The molecule has 6 heteroatoms. The minimum Gasteiger partial charge on any atom is -0.493 e. The number of aromatic nitrogens is 1. The monoisotopic (exact) mass is 356 g/mol. The second-order valence-electron chi connectivity index (χ2n) is 5.85. The Labute approximate surface area is 155 Å². The molecule has 2 N–H and O–H groups in total. The van der Waals surface area contributed by atoms with E-state index in [1.54, 1.807) is 19.4 Å². The average molecular weight is 356 g/mol. The standard InChI is InChI=1S/C20H28N4O2/c1-4-11-26-19-13-16(2)7-8-17(19)14-24-20(21-3)23-10-12-25-18-6-5-9-22-15-18/h5-9,13,15H,4,10-12,14H2,1-3H3,(H2,21,23,24). The van der Waals surface area contributed by atoms with Crippen LogP contribution in [0.1, 0.15) is 24.5 Å². The Balaban J connectivity index is 1.79. The summed E-state index contributed by atoms with van der Waals surface area (Å²) >= 11 is 0. The lowest BCUT2D eigenvalue weighted by Crippen LogP contribution is -2.38. The largest absolute Gasteiger partial charge is 0.493 e. The van der Waals surface area contributed by atoms with E-state index in [0.717, 1.165) is 36.0 Å². The number of guanidine groups is 1. The third-order valence-electron chi connectivity index (χ3n) is 3.65. The number of rotatable bonds is 9. The van der Waals surface area contributed by atoms with Gasteiger partial charge in [0.05, 0.1) is 19.3 Å². The maximum absolute atomic E-state index is 5.85. The molecule has 0 atom stereocenters. The Morgan fingerprint density at radius 1 is 1.15 bits per heavy atom. The highest BCUT2D eigenvalue weighted by Gasteiger charge is 2.06. The Bertz CT molecular complexity index is 689. The highest BCUT2D eigenvalue weighted by molar-refractivity contribution is 5.79. The topological polar surface area (TPSA) is 67.8 Å². The Hall–Kier alpha value is -2.76. The molecular weight excluding hydrogens is 328 g/mol. The van der Waals surface area contributed by atoms with E-state index in [4.69, 9.17) is 9.47 Å². The van der Waals surface area contributed by atoms with Crippen LogP contribution in [0.4, 0.5) is 0 Å². The normalized spacial score (nSPS) is 11.1. The van der Waals surface area contributed by atoms with Crippen LogP contribution in [0.25, 0.3) is 0 Å². The van der Waals surface area contributed by atoms with Gasteiger partial charge in [-0.1, -0.05) is 19.1 Å². The number of pyridine rings is 1. The van der Waals surface area contributed by atoms with Crippen LogP contribution in [0.2, 0.25) is 0 Å². The van der Waals surface area contributed by atoms with Gasteiger partial charge in [0, 0.05) is 25.4 Å². The van der Waals surface area contributed by atoms with Crippen molar-refractivity contribution in [2.75, 3.05) is 26.8 Å². The summed E-state index contributed by atoms with van der Waals surface area (Å²) in [4.78, 5) is 8.26. The van der Waals surface area contributed by atoms with Gasteiger partial charge in [0.15, 0.2) is 5.96 Å². The molecule has 0 amide bonds. The van der Waals surface area contributed by atoms with Crippen molar-refractivity contribution in [3.05, 3.63) is 53.9 Å². The van der Waals surface area contributed by atoms with E-state index in [-0.39, 0.29) is 0 Å². The smallest absolute Gasteiger partial charge is 0.191 e. The van der Waals surface area contributed by atoms with Gasteiger partial charge in [0.25, 0.3) is 0 Å². The van der Waals surface area contributed by atoms with Crippen molar-refractivity contribution in [3.8, 4) is 11.5 Å². The first kappa shape index (κ1) is 19.6. The van der Waals surface area contributed by atoms with Gasteiger partial charge in [0.2, 0.25) is 0 Å². The predicted octanol–water partition coefficient (Wildman–Crippen LogP) is 2.92. The number of ether oxygens (including phenoxy) is 2. The van der Waals surface area contributed by atoms with E-state index >= 15 is 0 Å². The number of nitrogens with zero attached hydrogens (tertiary/aromatic N) is 2. The van der Waals surface area contributed by atoms with Crippen molar-refractivity contribution in [1.82, 2.24) is 15.6 Å². The average Bonchev–Trinajstić information content (AvgIpc) is 2.67. The Kier molecular flexibility index (Phi) is 8.26. The molecular formula is C20H28N4O2. The summed E-state index contributed by atoms with van der Waals surface area (Å²) in [6.07, 6.45) is 4.41. The number of aryl methyl sites for hydroxylation is 1. The van der Waals surface area contributed by atoms with Gasteiger partial charge in [-0.3, -0.25) is 9.98 Å². The molecule has 1 aromatic carbocycles. The van der Waals surface area contributed by atoms with Crippen molar-refractivity contribution < 1.29 is 9.47 Å². The molecule has 2 rings (SSSR count). The van der Waals surface area contributed by atoms with Crippen LogP contribution in [0.5, 0.6) is 11.5 Å². The zero-order chi connectivity index (χ0) is 18.6. The van der Waals surface area contributed by atoms with E-state index in [1.807, 2.05) is 12.1 Å². The van der Waals surface area contributed by atoms with Gasteiger partial charge in [-0.25, -0.2) is 0 Å². The molecule has 1 heterocycles. The second-order valence-corrected chi connectivity index (χ2v) is 5.85. The van der Waals surface area contributed by atoms with Gasteiger partial charge >= 0.3 is 0 Å². The molecule has 6 nitrogen and oxygen atoms in total. The summed E-state index contributed by atoms with van der Waals surface area (Å²) < 4.78 is 11.5. The summed E-state index contributed by atoms with van der Waals surface area (Å²) in [5.74, 6) is 2.41. The van der Waals surface area contributed by atoms with Crippen LogP contribution in [0.15, 0.2) is 47.7 Å². The van der Waals surface area contributed by atoms with Crippen molar-refractivity contribution in [1.29, 1.82) is 0 Å². The first-order chi connectivity index (χ1) is 12.7. The Morgan fingerprint density at radius 2 is 2.04 bits per heavy atom. The second kappa shape index (κ2) is 11.0. The summed E-state index contributed by atoms with van der Waals surface area (Å²) in [5, 5.41) is 6.55. The molecule has 0 aliphatic carbocycles. The minimum atomic E-state index is 0.530. The quantitative estimate of drug-likeness (QED) is 0.411. The molecule has 0 saturated carbocycles. The first-order valence-corrected chi connectivity index (χ1v) is 8.92. The number of hydrogen-bond acceptors (Lipinski definition) is 4. The lowest BCUT2D eigenvalue weighted by Gasteiger charge is -2.15. The third kappa shape index (κ3) is 6.63. The third-order valence-corrected chi connectivity index (χ3v) is 3.65. The fourth-order valence-corrected chi connectivity index (χ4v) is 2.32. The number of benzene rings is 1. The number of hydrogen-bond donors (Lipinski definition) is 2. The molecule has 1 aromatic heterocycles. The van der Waals surface area contributed by atoms with E-state index in [0.29, 0.717) is 19.7 Å². The molecule has 0 saturated heterocycles. The molecule has 140 valence electrons. The van der Waals surface area contributed by atoms with Crippen LogP contribution in [0, 0.1) is 6.92 Å².